The molecule has 0 fully saturated rings. The number of benzene rings is 1. The predicted octanol–water partition coefficient (Wildman–Crippen LogP) is 2.35. The smallest absolute Gasteiger partial charge is 0.192 e. The maximum absolute atomic E-state index is 13.4. The van der Waals surface area contributed by atoms with E-state index in [0.29, 0.717) is 15.7 Å². The van der Waals surface area contributed by atoms with Gasteiger partial charge in [0, 0.05) is 18.1 Å². The summed E-state index contributed by atoms with van der Waals surface area (Å²) in [6.07, 6.45) is 3.23. The molecule has 0 aliphatic heterocycles. The van der Waals surface area contributed by atoms with Crippen LogP contribution in [0.1, 0.15) is 0 Å². The van der Waals surface area contributed by atoms with E-state index in [4.69, 9.17) is 5.73 Å². The van der Waals surface area contributed by atoms with Crippen molar-refractivity contribution in [1.29, 1.82) is 0 Å². The predicted molar refractivity (Wildman–Crippen MR) is 57.0 cm³/mol. The molecule has 0 unspecified atom stereocenters. The van der Waals surface area contributed by atoms with Crippen LogP contribution in [-0.2, 0) is 0 Å². The van der Waals surface area contributed by atoms with Crippen molar-refractivity contribution in [2.24, 2.45) is 0 Å². The van der Waals surface area contributed by atoms with Gasteiger partial charge in [-0.25, -0.2) is 14.4 Å². The summed E-state index contributed by atoms with van der Waals surface area (Å²) in [5, 5.41) is 0.515. The van der Waals surface area contributed by atoms with Crippen LogP contribution in [0.2, 0.25) is 0 Å². The lowest BCUT2D eigenvalue weighted by molar-refractivity contribution is 0.602. The molecule has 2 N–H and O–H groups in total. The van der Waals surface area contributed by atoms with Gasteiger partial charge in [0.05, 0.1) is 4.90 Å². The van der Waals surface area contributed by atoms with Crippen LogP contribution in [0.3, 0.4) is 0 Å². The van der Waals surface area contributed by atoms with E-state index >= 15 is 0 Å². The minimum Gasteiger partial charge on any atom is -0.399 e. The fourth-order valence-corrected chi connectivity index (χ4v) is 1.75. The van der Waals surface area contributed by atoms with Crippen molar-refractivity contribution >= 4 is 17.4 Å². The summed E-state index contributed by atoms with van der Waals surface area (Å²) in [7, 11) is 0. The van der Waals surface area contributed by atoms with Gasteiger partial charge in [0.1, 0.15) is 5.82 Å². The van der Waals surface area contributed by atoms with Gasteiger partial charge in [-0.05, 0) is 36.0 Å². The Morgan fingerprint density at radius 2 is 1.93 bits per heavy atom. The standard InChI is InChI=1S/C10H8FN3S/c11-8-6-7(12)2-3-9(8)15-10-13-4-1-5-14-10/h1-6H,12H2. The van der Waals surface area contributed by atoms with Crippen molar-refractivity contribution in [2.75, 3.05) is 5.73 Å². The molecule has 0 saturated heterocycles. The van der Waals surface area contributed by atoms with E-state index in [-0.39, 0.29) is 5.82 Å². The highest BCUT2D eigenvalue weighted by Crippen LogP contribution is 2.27. The van der Waals surface area contributed by atoms with E-state index in [1.54, 1.807) is 30.6 Å². The van der Waals surface area contributed by atoms with Crippen molar-refractivity contribution in [3.63, 3.8) is 0 Å². The zero-order chi connectivity index (χ0) is 10.7. The molecule has 5 heteroatoms. The van der Waals surface area contributed by atoms with E-state index in [1.165, 1.54) is 17.8 Å². The Morgan fingerprint density at radius 3 is 2.60 bits per heavy atom. The van der Waals surface area contributed by atoms with E-state index in [2.05, 4.69) is 9.97 Å². The molecule has 0 bridgehead atoms. The fourth-order valence-electron chi connectivity index (χ4n) is 1.04. The fraction of sp³-hybridized carbons (Fsp3) is 0. The molecule has 2 aromatic rings. The van der Waals surface area contributed by atoms with Gasteiger partial charge in [-0.1, -0.05) is 0 Å². The zero-order valence-corrected chi connectivity index (χ0v) is 8.54. The average Bonchev–Trinajstić information content (AvgIpc) is 2.24. The summed E-state index contributed by atoms with van der Waals surface area (Å²) in [6, 6.07) is 6.26. The molecule has 0 radical (unpaired) electrons. The first-order chi connectivity index (χ1) is 7.25. The number of anilines is 1. The number of nitrogens with two attached hydrogens (primary N) is 1. The van der Waals surface area contributed by atoms with Gasteiger partial charge in [-0.2, -0.15) is 0 Å². The molecule has 1 aromatic heterocycles. The highest BCUT2D eigenvalue weighted by molar-refractivity contribution is 7.99. The topological polar surface area (TPSA) is 51.8 Å². The lowest BCUT2D eigenvalue weighted by atomic mass is 10.3. The highest BCUT2D eigenvalue weighted by Gasteiger charge is 2.05. The van der Waals surface area contributed by atoms with E-state index in [1.807, 2.05) is 0 Å². The molecule has 0 spiro atoms. The Morgan fingerprint density at radius 1 is 1.20 bits per heavy atom. The SMILES string of the molecule is Nc1ccc(Sc2ncccn2)c(F)c1. The molecular formula is C10H8FN3S. The van der Waals surface area contributed by atoms with Crippen molar-refractivity contribution in [2.45, 2.75) is 10.1 Å². The monoisotopic (exact) mass is 221 g/mol. The Hall–Kier alpha value is -1.62. The van der Waals surface area contributed by atoms with Gasteiger partial charge in [0.2, 0.25) is 0 Å². The number of nitrogen functional groups attached to an aromatic ring is 1. The van der Waals surface area contributed by atoms with E-state index in [0.717, 1.165) is 0 Å². The molecule has 15 heavy (non-hydrogen) atoms. The van der Waals surface area contributed by atoms with Crippen LogP contribution in [0.5, 0.6) is 0 Å². The van der Waals surface area contributed by atoms with E-state index < -0.39 is 0 Å². The summed E-state index contributed by atoms with van der Waals surface area (Å²) in [4.78, 5) is 8.45. The maximum Gasteiger partial charge on any atom is 0.192 e. The Balaban J connectivity index is 2.25. The van der Waals surface area contributed by atoms with Crippen molar-refractivity contribution in [3.05, 3.63) is 42.5 Å². The van der Waals surface area contributed by atoms with Gasteiger partial charge in [-0.15, -0.1) is 0 Å². The number of halogens is 1. The quantitative estimate of drug-likeness (QED) is 0.624. The van der Waals surface area contributed by atoms with Crippen molar-refractivity contribution in [3.8, 4) is 0 Å². The summed E-state index contributed by atoms with van der Waals surface area (Å²) >= 11 is 1.17. The molecule has 3 nitrogen and oxygen atoms in total. The second-order valence-corrected chi connectivity index (χ2v) is 3.83. The molecule has 1 aromatic carbocycles. The van der Waals surface area contributed by atoms with Crippen LogP contribution in [0.25, 0.3) is 0 Å². The Bertz CT molecular complexity index is 461. The third kappa shape index (κ3) is 2.44. The first-order valence-corrected chi connectivity index (χ1v) is 5.07. The molecule has 0 aliphatic rings. The molecule has 0 amide bonds. The second kappa shape index (κ2) is 4.27. The Labute approximate surface area is 90.6 Å². The third-order valence-electron chi connectivity index (χ3n) is 1.70. The Kier molecular flexibility index (Phi) is 2.82. The molecule has 2 rings (SSSR count). The summed E-state index contributed by atoms with van der Waals surface area (Å²) in [6.45, 7) is 0. The van der Waals surface area contributed by atoms with E-state index in [9.17, 15) is 4.39 Å². The lowest BCUT2D eigenvalue weighted by Crippen LogP contribution is -1.89. The summed E-state index contributed by atoms with van der Waals surface area (Å²) < 4.78 is 13.4. The first kappa shape index (κ1) is 9.92. The maximum atomic E-state index is 13.4. The summed E-state index contributed by atoms with van der Waals surface area (Å²) in [5.41, 5.74) is 5.85. The molecule has 0 saturated carbocycles. The van der Waals surface area contributed by atoms with Gasteiger partial charge in [-0.3, -0.25) is 0 Å². The van der Waals surface area contributed by atoms with Crippen LogP contribution in [-0.4, -0.2) is 9.97 Å². The number of nitrogens with zero attached hydrogens (tertiary/aromatic N) is 2. The molecule has 76 valence electrons. The van der Waals surface area contributed by atoms with Gasteiger partial charge < -0.3 is 5.73 Å². The van der Waals surface area contributed by atoms with Crippen LogP contribution in [0, 0.1) is 5.82 Å². The zero-order valence-electron chi connectivity index (χ0n) is 7.72. The van der Waals surface area contributed by atoms with Crippen molar-refractivity contribution < 1.29 is 4.39 Å². The molecule has 0 atom stereocenters. The molecular weight excluding hydrogens is 213 g/mol. The van der Waals surface area contributed by atoms with Crippen LogP contribution in [0.4, 0.5) is 10.1 Å². The first-order valence-electron chi connectivity index (χ1n) is 4.25. The second-order valence-electron chi connectivity index (χ2n) is 2.82. The number of hydrogen-bond donors (Lipinski definition) is 1. The molecule has 1 heterocycles. The van der Waals surface area contributed by atoms with Crippen LogP contribution in [0.15, 0.2) is 46.7 Å². The minimum atomic E-state index is -0.354. The largest absolute Gasteiger partial charge is 0.399 e. The van der Waals surface area contributed by atoms with Crippen LogP contribution >= 0.6 is 11.8 Å². The molecule has 0 aliphatic carbocycles. The average molecular weight is 221 g/mol. The van der Waals surface area contributed by atoms with Crippen LogP contribution < -0.4 is 5.73 Å². The lowest BCUT2D eigenvalue weighted by Gasteiger charge is -2.01. The van der Waals surface area contributed by atoms with Gasteiger partial charge in [0.15, 0.2) is 5.16 Å². The summed E-state index contributed by atoms with van der Waals surface area (Å²) in [5.74, 6) is -0.354. The normalized spacial score (nSPS) is 10.2. The minimum absolute atomic E-state index is 0.354. The van der Waals surface area contributed by atoms with Gasteiger partial charge >= 0.3 is 0 Å². The highest BCUT2D eigenvalue weighted by atomic mass is 32.2. The third-order valence-corrected chi connectivity index (χ3v) is 2.64. The number of rotatable bonds is 2. The van der Waals surface area contributed by atoms with Crippen molar-refractivity contribution in [1.82, 2.24) is 9.97 Å². The number of aromatic nitrogens is 2. The van der Waals surface area contributed by atoms with Gasteiger partial charge in [0.25, 0.3) is 0 Å². The number of hydrogen-bond acceptors (Lipinski definition) is 4.